The molecule has 0 amide bonds. The molecular formula is C11H8F2O4. The first-order valence-electron chi connectivity index (χ1n) is 5.14. The number of hydrogen-bond donors (Lipinski definition) is 0. The molecule has 2 bridgehead atoms. The molecular weight excluding hydrogens is 234 g/mol. The van der Waals surface area contributed by atoms with E-state index in [4.69, 9.17) is 0 Å². The maximum absolute atomic E-state index is 13.8. The average Bonchev–Trinajstić information content (AvgIpc) is 2.71. The molecule has 0 aromatic rings. The van der Waals surface area contributed by atoms with Crippen LogP contribution >= 0.6 is 0 Å². The Morgan fingerprint density at radius 2 is 1.29 bits per heavy atom. The van der Waals surface area contributed by atoms with E-state index in [1.165, 1.54) is 0 Å². The van der Waals surface area contributed by atoms with Crippen LogP contribution < -0.4 is 0 Å². The number of carbonyl (C=O) groups excluding carboxylic acids is 3. The van der Waals surface area contributed by atoms with E-state index in [0.29, 0.717) is 0 Å². The van der Waals surface area contributed by atoms with Crippen LogP contribution in [-0.2, 0) is 19.1 Å². The third-order valence-electron chi connectivity index (χ3n) is 4.33. The lowest BCUT2D eigenvalue weighted by atomic mass is 9.72. The van der Waals surface area contributed by atoms with E-state index in [9.17, 15) is 23.2 Å². The number of rotatable bonds is 0. The number of esters is 2. The highest BCUT2D eigenvalue weighted by Crippen LogP contribution is 2.69. The van der Waals surface area contributed by atoms with Gasteiger partial charge in [0.25, 0.3) is 0 Å². The maximum atomic E-state index is 13.8. The maximum Gasteiger partial charge on any atom is 0.318 e. The van der Waals surface area contributed by atoms with Crippen LogP contribution in [0.15, 0.2) is 11.7 Å². The topological polar surface area (TPSA) is 60.4 Å². The zero-order chi connectivity index (χ0) is 12.7. The Labute approximate surface area is 94.6 Å². The van der Waals surface area contributed by atoms with E-state index in [1.807, 2.05) is 0 Å². The van der Waals surface area contributed by atoms with Crippen LogP contribution in [0.5, 0.6) is 0 Å². The third-order valence-corrected chi connectivity index (χ3v) is 4.33. The average molecular weight is 242 g/mol. The second kappa shape index (κ2) is 2.47. The molecule has 0 spiro atoms. The van der Waals surface area contributed by atoms with Crippen molar-refractivity contribution in [2.45, 2.75) is 13.8 Å². The molecule has 0 aromatic heterocycles. The van der Waals surface area contributed by atoms with Crippen molar-refractivity contribution < 1.29 is 27.9 Å². The second-order valence-electron chi connectivity index (χ2n) is 5.06. The van der Waals surface area contributed by atoms with Crippen LogP contribution in [-0.4, -0.2) is 17.7 Å². The standard InChI is InChI=1S/C11H8F2O4/c1-10-3-4(8(15)17-7(3)14)11(2,9(10)16)6(13)5(10)12/h3-4H,1-2H3. The zero-order valence-electron chi connectivity index (χ0n) is 9.04. The van der Waals surface area contributed by atoms with Gasteiger partial charge in [0.1, 0.15) is 11.7 Å². The molecule has 4 unspecified atom stereocenters. The van der Waals surface area contributed by atoms with Gasteiger partial charge in [-0.1, -0.05) is 0 Å². The number of Topliss-reactive ketones (excluding diaryl/α,β-unsaturated/α-hetero) is 1. The zero-order valence-corrected chi connectivity index (χ0v) is 9.04. The Hall–Kier alpha value is -1.59. The van der Waals surface area contributed by atoms with E-state index in [-0.39, 0.29) is 0 Å². The predicted molar refractivity (Wildman–Crippen MR) is 48.5 cm³/mol. The number of carbonyl (C=O) groups is 3. The van der Waals surface area contributed by atoms with Crippen molar-refractivity contribution in [1.29, 1.82) is 0 Å². The van der Waals surface area contributed by atoms with Crippen LogP contribution in [0.3, 0.4) is 0 Å². The summed E-state index contributed by atoms with van der Waals surface area (Å²) in [6.07, 6.45) is 0. The Morgan fingerprint density at radius 1 is 0.941 bits per heavy atom. The summed E-state index contributed by atoms with van der Waals surface area (Å²) in [4.78, 5) is 35.0. The van der Waals surface area contributed by atoms with Gasteiger partial charge in [-0.2, -0.15) is 0 Å². The summed E-state index contributed by atoms with van der Waals surface area (Å²) in [5.41, 5.74) is -3.76. The molecule has 0 N–H and O–H groups in total. The summed E-state index contributed by atoms with van der Waals surface area (Å²) in [6, 6.07) is 0. The molecule has 2 aliphatic carbocycles. The number of ketones is 1. The number of halogens is 2. The fourth-order valence-corrected chi connectivity index (χ4v) is 3.39. The largest absolute Gasteiger partial charge is 0.393 e. The quantitative estimate of drug-likeness (QED) is 0.470. The van der Waals surface area contributed by atoms with Gasteiger partial charge in [-0.05, 0) is 13.8 Å². The lowest BCUT2D eigenvalue weighted by Gasteiger charge is -2.26. The minimum Gasteiger partial charge on any atom is -0.393 e. The van der Waals surface area contributed by atoms with Crippen LogP contribution in [0, 0.1) is 22.7 Å². The van der Waals surface area contributed by atoms with Crippen LogP contribution in [0.2, 0.25) is 0 Å². The van der Waals surface area contributed by atoms with Crippen molar-refractivity contribution in [1.82, 2.24) is 0 Å². The first-order valence-corrected chi connectivity index (χ1v) is 5.14. The lowest BCUT2D eigenvalue weighted by molar-refractivity contribution is -0.158. The molecule has 0 aromatic carbocycles. The van der Waals surface area contributed by atoms with Gasteiger partial charge in [-0.15, -0.1) is 0 Å². The molecule has 3 aliphatic rings. The Morgan fingerprint density at radius 3 is 1.65 bits per heavy atom. The van der Waals surface area contributed by atoms with E-state index in [0.717, 1.165) is 13.8 Å². The molecule has 1 aliphatic heterocycles. The van der Waals surface area contributed by atoms with Gasteiger partial charge < -0.3 is 4.74 Å². The first-order chi connectivity index (χ1) is 7.77. The Kier molecular flexibility index (Phi) is 1.53. The highest BCUT2D eigenvalue weighted by Gasteiger charge is 2.80. The second-order valence-corrected chi connectivity index (χ2v) is 5.06. The summed E-state index contributed by atoms with van der Waals surface area (Å²) < 4.78 is 32.0. The normalized spacial score (nSPS) is 47.9. The van der Waals surface area contributed by atoms with Gasteiger partial charge in [0, 0.05) is 0 Å². The van der Waals surface area contributed by atoms with Gasteiger partial charge in [-0.25, -0.2) is 8.78 Å². The predicted octanol–water partition coefficient (Wildman–Crippen LogP) is 1.06. The molecule has 1 heterocycles. The van der Waals surface area contributed by atoms with Crippen molar-refractivity contribution in [3.8, 4) is 0 Å². The molecule has 4 atom stereocenters. The minimum absolute atomic E-state index is 0.750. The van der Waals surface area contributed by atoms with E-state index in [1.54, 1.807) is 0 Å². The summed E-state index contributed by atoms with van der Waals surface area (Å²) in [7, 11) is 0. The van der Waals surface area contributed by atoms with E-state index in [2.05, 4.69) is 4.74 Å². The number of cyclic esters (lactones) is 2. The summed E-state index contributed by atoms with van der Waals surface area (Å²) in [5, 5.41) is 0. The highest BCUT2D eigenvalue weighted by atomic mass is 19.2. The van der Waals surface area contributed by atoms with Crippen molar-refractivity contribution in [2.75, 3.05) is 0 Å². The molecule has 4 nitrogen and oxygen atoms in total. The number of fused-ring (bicyclic) bond motifs is 5. The lowest BCUT2D eigenvalue weighted by Crippen LogP contribution is -2.34. The van der Waals surface area contributed by atoms with E-state index < -0.39 is 52.0 Å². The number of hydrogen-bond acceptors (Lipinski definition) is 4. The van der Waals surface area contributed by atoms with Gasteiger partial charge in [0.15, 0.2) is 5.78 Å². The fourth-order valence-electron chi connectivity index (χ4n) is 3.39. The molecule has 0 radical (unpaired) electrons. The monoisotopic (exact) mass is 242 g/mol. The first kappa shape index (κ1) is 10.6. The van der Waals surface area contributed by atoms with Crippen molar-refractivity contribution in [3.05, 3.63) is 11.7 Å². The number of ether oxygens (including phenoxy) is 1. The fraction of sp³-hybridized carbons (Fsp3) is 0.545. The van der Waals surface area contributed by atoms with Crippen LogP contribution in [0.4, 0.5) is 8.78 Å². The van der Waals surface area contributed by atoms with Gasteiger partial charge in [0.2, 0.25) is 0 Å². The van der Waals surface area contributed by atoms with Crippen LogP contribution in [0.25, 0.3) is 0 Å². The summed E-state index contributed by atoms with van der Waals surface area (Å²) in [6.45, 7) is 2.31. The molecule has 2 fully saturated rings. The smallest absolute Gasteiger partial charge is 0.318 e. The van der Waals surface area contributed by atoms with Gasteiger partial charge in [-0.3, -0.25) is 14.4 Å². The van der Waals surface area contributed by atoms with E-state index >= 15 is 0 Å². The third kappa shape index (κ3) is 0.750. The van der Waals surface area contributed by atoms with Crippen molar-refractivity contribution in [2.24, 2.45) is 22.7 Å². The van der Waals surface area contributed by atoms with Gasteiger partial charge in [0.05, 0.1) is 22.7 Å². The SMILES string of the molecule is CC12C(=O)C(C)(C(F)=C1F)C1C(=O)OC(=O)C12. The molecule has 6 heteroatoms. The number of allylic oxidation sites excluding steroid dienone is 2. The molecule has 1 saturated carbocycles. The molecule has 1 saturated heterocycles. The summed E-state index contributed by atoms with van der Waals surface area (Å²) >= 11 is 0. The summed E-state index contributed by atoms with van der Waals surface area (Å²) in [5.74, 6) is -7.57. The molecule has 3 rings (SSSR count). The molecule has 17 heavy (non-hydrogen) atoms. The Balaban J connectivity index is 2.34. The Bertz CT molecular complexity index is 494. The minimum atomic E-state index is -1.88. The van der Waals surface area contributed by atoms with Crippen molar-refractivity contribution >= 4 is 17.7 Å². The van der Waals surface area contributed by atoms with Gasteiger partial charge >= 0.3 is 11.9 Å². The molecule has 90 valence electrons. The highest BCUT2D eigenvalue weighted by molar-refractivity contribution is 6.13. The van der Waals surface area contributed by atoms with Crippen LogP contribution in [0.1, 0.15) is 13.8 Å². The van der Waals surface area contributed by atoms with Crippen molar-refractivity contribution in [3.63, 3.8) is 0 Å².